The van der Waals surface area contributed by atoms with Gasteiger partial charge >= 0.3 is 0 Å². The lowest BCUT2D eigenvalue weighted by Gasteiger charge is -2.10. The SMILES string of the molecule is COc1ccc(Cl)cc1NCc1ccc(C#N)o1. The maximum atomic E-state index is 8.65. The van der Waals surface area contributed by atoms with Crippen LogP contribution in [0.4, 0.5) is 5.69 Å². The molecule has 1 heterocycles. The monoisotopic (exact) mass is 262 g/mol. The third-order valence-corrected chi connectivity index (χ3v) is 2.62. The number of hydrogen-bond acceptors (Lipinski definition) is 4. The molecule has 18 heavy (non-hydrogen) atoms. The van der Waals surface area contributed by atoms with Gasteiger partial charge < -0.3 is 14.5 Å². The molecule has 92 valence electrons. The number of rotatable bonds is 4. The fourth-order valence-corrected chi connectivity index (χ4v) is 1.71. The Kier molecular flexibility index (Phi) is 3.75. The van der Waals surface area contributed by atoms with E-state index in [1.165, 1.54) is 0 Å². The Morgan fingerprint density at radius 1 is 1.39 bits per heavy atom. The second-order valence-corrected chi connectivity index (χ2v) is 4.01. The van der Waals surface area contributed by atoms with E-state index in [1.54, 1.807) is 37.4 Å². The minimum absolute atomic E-state index is 0.296. The first kappa shape index (κ1) is 12.3. The van der Waals surface area contributed by atoms with Gasteiger partial charge in [0.15, 0.2) is 0 Å². The molecule has 4 nitrogen and oxygen atoms in total. The zero-order chi connectivity index (χ0) is 13.0. The standard InChI is InChI=1S/C13H11ClN2O2/c1-17-13-5-2-9(14)6-12(13)16-8-11-4-3-10(7-15)18-11/h2-6,16H,8H2,1H3. The van der Waals surface area contributed by atoms with Crippen molar-refractivity contribution in [3.8, 4) is 11.8 Å². The van der Waals surface area contributed by atoms with Crippen LogP contribution in [0.25, 0.3) is 0 Å². The Labute approximate surface area is 110 Å². The normalized spacial score (nSPS) is 9.83. The molecule has 1 N–H and O–H groups in total. The molecule has 0 amide bonds. The summed E-state index contributed by atoms with van der Waals surface area (Å²) in [4.78, 5) is 0. The molecule has 1 aromatic heterocycles. The van der Waals surface area contributed by atoms with Gasteiger partial charge in [-0.15, -0.1) is 0 Å². The maximum absolute atomic E-state index is 8.65. The Morgan fingerprint density at radius 3 is 2.89 bits per heavy atom. The van der Waals surface area contributed by atoms with Gasteiger partial charge in [-0.2, -0.15) is 5.26 Å². The van der Waals surface area contributed by atoms with Gasteiger partial charge in [0.1, 0.15) is 17.6 Å². The van der Waals surface area contributed by atoms with E-state index >= 15 is 0 Å². The van der Waals surface area contributed by atoms with Crippen LogP contribution in [0.5, 0.6) is 5.75 Å². The summed E-state index contributed by atoms with van der Waals surface area (Å²) in [5.41, 5.74) is 0.778. The first-order chi connectivity index (χ1) is 8.72. The molecule has 0 fully saturated rings. The van der Waals surface area contributed by atoms with Crippen LogP contribution >= 0.6 is 11.6 Å². The highest BCUT2D eigenvalue weighted by molar-refractivity contribution is 6.30. The molecule has 0 saturated carbocycles. The quantitative estimate of drug-likeness (QED) is 0.917. The maximum Gasteiger partial charge on any atom is 0.203 e. The molecule has 0 aliphatic rings. The summed E-state index contributed by atoms with van der Waals surface area (Å²) in [5, 5.41) is 12.4. The summed E-state index contributed by atoms with van der Waals surface area (Å²) in [6, 6.07) is 10.6. The number of hydrogen-bond donors (Lipinski definition) is 1. The van der Waals surface area contributed by atoms with Gasteiger partial charge in [0.25, 0.3) is 0 Å². The fourth-order valence-electron chi connectivity index (χ4n) is 1.53. The van der Waals surface area contributed by atoms with E-state index in [0.29, 0.717) is 28.8 Å². The van der Waals surface area contributed by atoms with E-state index in [1.807, 2.05) is 6.07 Å². The second kappa shape index (κ2) is 5.48. The molecule has 2 aromatic rings. The number of nitrogens with one attached hydrogen (secondary N) is 1. The van der Waals surface area contributed by atoms with Crippen LogP contribution in [-0.4, -0.2) is 7.11 Å². The number of methoxy groups -OCH3 is 1. The largest absolute Gasteiger partial charge is 0.495 e. The zero-order valence-corrected chi connectivity index (χ0v) is 10.5. The van der Waals surface area contributed by atoms with Gasteiger partial charge in [-0.1, -0.05) is 11.6 Å². The lowest BCUT2D eigenvalue weighted by molar-refractivity contribution is 0.416. The summed E-state index contributed by atoms with van der Waals surface area (Å²) in [5.74, 6) is 1.67. The van der Waals surface area contributed by atoms with Crippen molar-refractivity contribution in [1.29, 1.82) is 5.26 Å². The van der Waals surface area contributed by atoms with Crippen molar-refractivity contribution in [1.82, 2.24) is 0 Å². The molecule has 0 spiro atoms. The molecular formula is C13H11ClN2O2. The molecule has 0 saturated heterocycles. The van der Waals surface area contributed by atoms with Gasteiger partial charge in [-0.05, 0) is 30.3 Å². The first-order valence-electron chi connectivity index (χ1n) is 5.29. The highest BCUT2D eigenvalue weighted by Crippen LogP contribution is 2.28. The van der Waals surface area contributed by atoms with Crippen molar-refractivity contribution in [2.24, 2.45) is 0 Å². The van der Waals surface area contributed by atoms with E-state index in [2.05, 4.69) is 5.32 Å². The van der Waals surface area contributed by atoms with Crippen LogP contribution in [0.3, 0.4) is 0 Å². The van der Waals surface area contributed by atoms with Crippen molar-refractivity contribution in [2.45, 2.75) is 6.54 Å². The van der Waals surface area contributed by atoms with Crippen molar-refractivity contribution in [3.63, 3.8) is 0 Å². The van der Waals surface area contributed by atoms with Crippen LogP contribution in [0, 0.1) is 11.3 Å². The van der Waals surface area contributed by atoms with E-state index in [0.717, 1.165) is 5.69 Å². The van der Waals surface area contributed by atoms with Crippen molar-refractivity contribution < 1.29 is 9.15 Å². The molecule has 0 atom stereocenters. The van der Waals surface area contributed by atoms with Crippen molar-refractivity contribution in [3.05, 3.63) is 46.9 Å². The van der Waals surface area contributed by atoms with Gasteiger partial charge in [0, 0.05) is 5.02 Å². The van der Waals surface area contributed by atoms with Crippen LogP contribution in [0.2, 0.25) is 5.02 Å². The second-order valence-electron chi connectivity index (χ2n) is 3.58. The smallest absolute Gasteiger partial charge is 0.203 e. The number of nitrogens with zero attached hydrogens (tertiary/aromatic N) is 1. The highest BCUT2D eigenvalue weighted by Gasteiger charge is 2.05. The van der Waals surface area contributed by atoms with Gasteiger partial charge in [0.05, 0.1) is 19.3 Å². The van der Waals surface area contributed by atoms with E-state index < -0.39 is 0 Å². The van der Waals surface area contributed by atoms with Crippen LogP contribution in [0.15, 0.2) is 34.7 Å². The Hall–Kier alpha value is -2.12. The zero-order valence-electron chi connectivity index (χ0n) is 9.74. The predicted octanol–water partition coefficient (Wildman–Crippen LogP) is 3.43. The minimum atomic E-state index is 0.296. The van der Waals surface area contributed by atoms with Crippen molar-refractivity contribution >= 4 is 17.3 Å². The van der Waals surface area contributed by atoms with Crippen LogP contribution in [-0.2, 0) is 6.54 Å². The summed E-state index contributed by atoms with van der Waals surface area (Å²) < 4.78 is 10.5. The summed E-state index contributed by atoms with van der Waals surface area (Å²) in [6.45, 7) is 0.457. The van der Waals surface area contributed by atoms with E-state index in [9.17, 15) is 0 Å². The number of halogens is 1. The lowest BCUT2D eigenvalue weighted by Crippen LogP contribution is -2.00. The average molecular weight is 263 g/mol. The molecule has 5 heteroatoms. The third kappa shape index (κ3) is 2.76. The molecule has 0 bridgehead atoms. The Morgan fingerprint density at radius 2 is 2.22 bits per heavy atom. The summed E-state index contributed by atoms with van der Waals surface area (Å²) in [7, 11) is 1.59. The van der Waals surface area contributed by atoms with E-state index in [4.69, 9.17) is 26.0 Å². The number of anilines is 1. The molecule has 1 aromatic carbocycles. The third-order valence-electron chi connectivity index (χ3n) is 2.39. The van der Waals surface area contributed by atoms with Crippen molar-refractivity contribution in [2.75, 3.05) is 12.4 Å². The molecule has 0 aliphatic heterocycles. The summed E-state index contributed by atoms with van der Waals surface area (Å²) in [6.07, 6.45) is 0. The lowest BCUT2D eigenvalue weighted by atomic mass is 10.3. The molecule has 0 aliphatic carbocycles. The minimum Gasteiger partial charge on any atom is -0.495 e. The van der Waals surface area contributed by atoms with Crippen LogP contribution < -0.4 is 10.1 Å². The van der Waals surface area contributed by atoms with E-state index in [-0.39, 0.29) is 0 Å². The molecule has 0 radical (unpaired) electrons. The molecular weight excluding hydrogens is 252 g/mol. The number of benzene rings is 1. The molecule has 0 unspecified atom stereocenters. The van der Waals surface area contributed by atoms with Crippen LogP contribution in [0.1, 0.15) is 11.5 Å². The Bertz CT molecular complexity index is 587. The molecule has 2 rings (SSSR count). The number of furan rings is 1. The first-order valence-corrected chi connectivity index (χ1v) is 5.67. The summed E-state index contributed by atoms with van der Waals surface area (Å²) >= 11 is 5.92. The van der Waals surface area contributed by atoms with Gasteiger partial charge in [-0.3, -0.25) is 0 Å². The topological polar surface area (TPSA) is 58.2 Å². The number of nitriles is 1. The highest BCUT2D eigenvalue weighted by atomic mass is 35.5. The predicted molar refractivity (Wildman–Crippen MR) is 68.8 cm³/mol. The Balaban J connectivity index is 2.10. The number of ether oxygens (including phenoxy) is 1. The fraction of sp³-hybridized carbons (Fsp3) is 0.154. The van der Waals surface area contributed by atoms with Gasteiger partial charge in [0.2, 0.25) is 5.76 Å². The van der Waals surface area contributed by atoms with Gasteiger partial charge in [-0.25, -0.2) is 0 Å². The average Bonchev–Trinajstić information content (AvgIpc) is 2.84.